The van der Waals surface area contributed by atoms with E-state index >= 15 is 0 Å². The van der Waals surface area contributed by atoms with Crippen LogP contribution in [0.3, 0.4) is 0 Å². The van der Waals surface area contributed by atoms with Crippen molar-refractivity contribution in [1.82, 2.24) is 10.3 Å². The lowest BCUT2D eigenvalue weighted by Gasteiger charge is -2.26. The number of hydrogen-bond donors (Lipinski definition) is 2. The van der Waals surface area contributed by atoms with Crippen molar-refractivity contribution in [2.24, 2.45) is 0 Å². The maximum atomic E-state index is 12.7. The van der Waals surface area contributed by atoms with Crippen molar-refractivity contribution in [2.75, 3.05) is 38.4 Å². The summed E-state index contributed by atoms with van der Waals surface area (Å²) < 4.78 is 28.3. The van der Waals surface area contributed by atoms with Crippen molar-refractivity contribution in [3.63, 3.8) is 0 Å². The molecule has 0 bridgehead atoms. The van der Waals surface area contributed by atoms with Crippen molar-refractivity contribution >= 4 is 29.3 Å². The maximum Gasteiger partial charge on any atom is 0.414 e. The number of nitrogens with one attached hydrogen (secondary N) is 1. The first-order valence-electron chi connectivity index (χ1n) is 11.4. The number of carbonyl (C=O) groups is 2. The number of hydrogen-bond acceptors (Lipinski definition) is 7. The number of benzene rings is 1. The summed E-state index contributed by atoms with van der Waals surface area (Å²) in [6, 6.07) is 6.17. The van der Waals surface area contributed by atoms with Gasteiger partial charge in [0.1, 0.15) is 24.5 Å². The van der Waals surface area contributed by atoms with Gasteiger partial charge in [0, 0.05) is 12.1 Å². The van der Waals surface area contributed by atoms with Gasteiger partial charge < -0.3 is 24.6 Å². The Morgan fingerprint density at radius 3 is 2.58 bits per heavy atom. The summed E-state index contributed by atoms with van der Waals surface area (Å²) in [6.45, 7) is 6.28. The van der Waals surface area contributed by atoms with E-state index in [9.17, 15) is 19.1 Å². The van der Waals surface area contributed by atoms with E-state index in [0.717, 1.165) is 5.56 Å². The van der Waals surface area contributed by atoms with Crippen LogP contribution in [0.4, 0.5) is 14.9 Å². The van der Waals surface area contributed by atoms with E-state index in [4.69, 9.17) is 25.8 Å². The monoisotopic (exact) mass is 523 g/mol. The number of anilines is 1. The fourth-order valence-corrected chi connectivity index (χ4v) is 3.99. The Bertz CT molecular complexity index is 1140. The van der Waals surface area contributed by atoms with E-state index in [1.807, 2.05) is 0 Å². The van der Waals surface area contributed by atoms with E-state index in [1.165, 1.54) is 37.1 Å². The van der Waals surface area contributed by atoms with Gasteiger partial charge in [-0.05, 0) is 63.9 Å². The molecule has 1 aromatic carbocycles. The lowest BCUT2D eigenvalue weighted by atomic mass is 9.99. The zero-order valence-electron chi connectivity index (χ0n) is 21.0. The number of amides is 2. The predicted octanol–water partition coefficient (Wildman–Crippen LogP) is 4.03. The molecule has 0 radical (unpaired) electrons. The van der Waals surface area contributed by atoms with Crippen molar-refractivity contribution in [2.45, 2.75) is 45.3 Å². The SMILES string of the molecule is COc1cc(C(=O)NCC(C)(O)c2cc3c(c(Cl)n2)N(C(=O)OC(C)(C)C)CC3)ccc1OCCF. The largest absolute Gasteiger partial charge is 0.493 e. The van der Waals surface area contributed by atoms with E-state index in [-0.39, 0.29) is 35.3 Å². The molecule has 2 amide bonds. The number of pyridine rings is 1. The van der Waals surface area contributed by atoms with Gasteiger partial charge in [-0.3, -0.25) is 9.69 Å². The summed E-state index contributed by atoms with van der Waals surface area (Å²) in [5.74, 6) is 0.134. The molecule has 196 valence electrons. The summed E-state index contributed by atoms with van der Waals surface area (Å²) in [5, 5.41) is 13.8. The first kappa shape index (κ1) is 27.5. The number of ether oxygens (including phenoxy) is 3. The molecule has 1 aliphatic heterocycles. The summed E-state index contributed by atoms with van der Waals surface area (Å²) in [5.41, 5.74) is -0.490. The molecule has 0 aliphatic carbocycles. The Hall–Kier alpha value is -3.11. The number of fused-ring (bicyclic) bond motifs is 1. The second kappa shape index (κ2) is 10.9. The maximum absolute atomic E-state index is 12.7. The standard InChI is InChI=1S/C25H31ClFN3O6/c1-24(2,3)36-23(32)30-10-8-15-13-19(29-21(26)20(15)30)25(4,33)14-28-22(31)16-6-7-17(35-11-9-27)18(12-16)34-5/h6-7,12-13,33H,8-11,14H2,1-5H3,(H,28,31). The molecule has 0 saturated carbocycles. The normalized spacial score (nSPS) is 14.6. The number of methoxy groups -OCH3 is 1. The number of carbonyl (C=O) groups excluding carboxylic acids is 2. The average molecular weight is 524 g/mol. The van der Waals surface area contributed by atoms with Gasteiger partial charge in [-0.2, -0.15) is 0 Å². The van der Waals surface area contributed by atoms with E-state index in [0.29, 0.717) is 24.4 Å². The lowest BCUT2D eigenvalue weighted by molar-refractivity contribution is 0.0489. The number of nitrogens with zero attached hydrogens (tertiary/aromatic N) is 2. The van der Waals surface area contributed by atoms with Gasteiger partial charge in [-0.25, -0.2) is 14.2 Å². The van der Waals surface area contributed by atoms with Crippen molar-refractivity contribution in [3.8, 4) is 11.5 Å². The summed E-state index contributed by atoms with van der Waals surface area (Å²) >= 11 is 6.43. The number of rotatable bonds is 8. The highest BCUT2D eigenvalue weighted by molar-refractivity contribution is 6.33. The molecule has 0 saturated heterocycles. The minimum Gasteiger partial charge on any atom is -0.493 e. The Balaban J connectivity index is 1.73. The fourth-order valence-electron chi connectivity index (χ4n) is 3.67. The number of aliphatic hydroxyl groups is 1. The molecule has 9 nitrogen and oxygen atoms in total. The summed E-state index contributed by atoms with van der Waals surface area (Å²) in [6.07, 6.45) is -0.00338. The van der Waals surface area contributed by atoms with E-state index < -0.39 is 29.9 Å². The van der Waals surface area contributed by atoms with Gasteiger partial charge in [-0.1, -0.05) is 11.6 Å². The molecular weight excluding hydrogens is 493 g/mol. The van der Waals surface area contributed by atoms with Crippen LogP contribution in [0, 0.1) is 0 Å². The third-order valence-electron chi connectivity index (χ3n) is 5.42. The molecule has 1 atom stereocenters. The van der Waals surface area contributed by atoms with Crippen molar-refractivity contribution in [3.05, 3.63) is 46.2 Å². The third-order valence-corrected chi connectivity index (χ3v) is 5.69. The van der Waals surface area contributed by atoms with Crippen LogP contribution in [0.25, 0.3) is 0 Å². The molecule has 2 heterocycles. The minimum atomic E-state index is -1.55. The lowest BCUT2D eigenvalue weighted by Crippen LogP contribution is -2.39. The Labute approximate surface area is 214 Å². The van der Waals surface area contributed by atoms with E-state index in [1.54, 1.807) is 26.8 Å². The van der Waals surface area contributed by atoms with Gasteiger partial charge in [0.25, 0.3) is 5.91 Å². The predicted molar refractivity (Wildman–Crippen MR) is 133 cm³/mol. The van der Waals surface area contributed by atoms with Crippen LogP contribution < -0.4 is 19.7 Å². The molecule has 2 N–H and O–H groups in total. The van der Waals surface area contributed by atoms with Gasteiger partial charge in [0.05, 0.1) is 25.0 Å². The summed E-state index contributed by atoms with van der Waals surface area (Å²) in [7, 11) is 1.41. The highest BCUT2D eigenvalue weighted by Crippen LogP contribution is 2.37. The first-order chi connectivity index (χ1) is 16.9. The summed E-state index contributed by atoms with van der Waals surface area (Å²) in [4.78, 5) is 31.0. The smallest absolute Gasteiger partial charge is 0.414 e. The Morgan fingerprint density at radius 2 is 1.94 bits per heavy atom. The Morgan fingerprint density at radius 1 is 1.22 bits per heavy atom. The second-order valence-corrected chi connectivity index (χ2v) is 9.91. The zero-order chi connectivity index (χ0) is 26.7. The molecule has 0 fully saturated rings. The fraction of sp³-hybridized carbons (Fsp3) is 0.480. The van der Waals surface area contributed by atoms with Gasteiger partial charge in [-0.15, -0.1) is 0 Å². The average Bonchev–Trinajstić information content (AvgIpc) is 3.25. The van der Waals surface area contributed by atoms with Crippen molar-refractivity contribution < 1.29 is 33.3 Å². The molecule has 3 rings (SSSR count). The molecule has 11 heteroatoms. The highest BCUT2D eigenvalue weighted by Gasteiger charge is 2.35. The molecule has 36 heavy (non-hydrogen) atoms. The first-order valence-corrected chi connectivity index (χ1v) is 11.8. The Kier molecular flexibility index (Phi) is 8.30. The van der Waals surface area contributed by atoms with Crippen molar-refractivity contribution in [1.29, 1.82) is 0 Å². The zero-order valence-corrected chi connectivity index (χ0v) is 21.7. The number of halogens is 2. The number of alkyl halides is 1. The van der Waals surface area contributed by atoms with Crippen LogP contribution in [0.2, 0.25) is 5.15 Å². The van der Waals surface area contributed by atoms with Crippen LogP contribution in [0.15, 0.2) is 24.3 Å². The molecule has 1 aromatic heterocycles. The van der Waals surface area contributed by atoms with Crippen LogP contribution >= 0.6 is 11.6 Å². The molecule has 2 aromatic rings. The molecule has 0 spiro atoms. The highest BCUT2D eigenvalue weighted by atomic mass is 35.5. The quantitative estimate of drug-likeness (QED) is 0.503. The topological polar surface area (TPSA) is 110 Å². The van der Waals surface area contributed by atoms with E-state index in [2.05, 4.69) is 10.3 Å². The van der Waals surface area contributed by atoms with Crippen LogP contribution in [0.1, 0.15) is 49.3 Å². The van der Waals surface area contributed by atoms with Gasteiger partial charge >= 0.3 is 6.09 Å². The van der Waals surface area contributed by atoms with Crippen LogP contribution in [0.5, 0.6) is 11.5 Å². The van der Waals surface area contributed by atoms with Crippen LogP contribution in [-0.4, -0.2) is 61.2 Å². The van der Waals surface area contributed by atoms with Crippen LogP contribution in [-0.2, 0) is 16.8 Å². The molecule has 1 unspecified atom stereocenters. The second-order valence-electron chi connectivity index (χ2n) is 9.55. The molecule has 1 aliphatic rings. The van der Waals surface area contributed by atoms with Gasteiger partial charge in [0.2, 0.25) is 0 Å². The number of aromatic nitrogens is 1. The third kappa shape index (κ3) is 6.36. The minimum absolute atomic E-state index is 0.0612. The van der Waals surface area contributed by atoms with Gasteiger partial charge in [0.15, 0.2) is 16.7 Å². The molecular formula is C25H31ClFN3O6.